The van der Waals surface area contributed by atoms with E-state index in [4.69, 9.17) is 0 Å². The van der Waals surface area contributed by atoms with Crippen molar-refractivity contribution in [3.63, 3.8) is 0 Å². The number of rotatable bonds is 1. The molecule has 0 radical (unpaired) electrons. The van der Waals surface area contributed by atoms with E-state index in [0.717, 1.165) is 5.69 Å². The summed E-state index contributed by atoms with van der Waals surface area (Å²) in [5.41, 5.74) is 1.04. The van der Waals surface area contributed by atoms with Gasteiger partial charge in [-0.05, 0) is 0 Å². The van der Waals surface area contributed by atoms with E-state index in [1.54, 1.807) is 0 Å². The predicted octanol–water partition coefficient (Wildman–Crippen LogP) is 1.11. The van der Waals surface area contributed by atoms with Gasteiger partial charge in [0, 0.05) is 0 Å². The third-order valence-corrected chi connectivity index (χ3v) is 10.1. The van der Waals surface area contributed by atoms with Gasteiger partial charge in [0.15, 0.2) is 0 Å². The minimum atomic E-state index is -2.28. The molecule has 0 saturated heterocycles. The third-order valence-electron chi connectivity index (χ3n) is 1.90. The van der Waals surface area contributed by atoms with E-state index in [1.165, 1.54) is 4.46 Å². The molecule has 1 N–H and O–H groups in total. The van der Waals surface area contributed by atoms with Gasteiger partial charge in [-0.3, -0.25) is 0 Å². The summed E-state index contributed by atoms with van der Waals surface area (Å²) in [4.78, 5) is 0. The minimum absolute atomic E-state index is 0.0487. The molecule has 0 bridgehead atoms. The van der Waals surface area contributed by atoms with Crippen LogP contribution in [0.3, 0.4) is 0 Å². The quantitative estimate of drug-likeness (QED) is 0.607. The van der Waals surface area contributed by atoms with Gasteiger partial charge in [-0.15, -0.1) is 0 Å². The SMILES string of the molecule is CN(C)P1(=O)Nc2ccccc2[Se]1. The van der Waals surface area contributed by atoms with E-state index in [0.29, 0.717) is 0 Å². The number of para-hydroxylation sites is 1. The van der Waals surface area contributed by atoms with E-state index in [1.807, 2.05) is 43.0 Å². The second-order valence-corrected chi connectivity index (χ2v) is 10.5. The van der Waals surface area contributed by atoms with Gasteiger partial charge in [-0.1, -0.05) is 0 Å². The Hall–Kier alpha value is -0.271. The van der Waals surface area contributed by atoms with Gasteiger partial charge < -0.3 is 0 Å². The summed E-state index contributed by atoms with van der Waals surface area (Å²) in [5, 5.41) is 3.12. The molecule has 1 aromatic carbocycles. The van der Waals surface area contributed by atoms with E-state index in [2.05, 4.69) is 5.09 Å². The van der Waals surface area contributed by atoms with Crippen LogP contribution >= 0.6 is 6.13 Å². The van der Waals surface area contributed by atoms with Gasteiger partial charge in [0.1, 0.15) is 0 Å². The standard InChI is InChI=1S/C8H11N2OPSe/c1-10(2)12(11)9-7-5-3-4-6-8(7)13-12/h3-6H,1-2H3,(H,9,11). The van der Waals surface area contributed by atoms with Crippen molar-refractivity contribution < 1.29 is 4.57 Å². The van der Waals surface area contributed by atoms with Gasteiger partial charge in [-0.2, -0.15) is 0 Å². The zero-order chi connectivity index (χ0) is 9.47. The number of hydrogen-bond acceptors (Lipinski definition) is 1. The van der Waals surface area contributed by atoms with Crippen LogP contribution < -0.4 is 9.55 Å². The summed E-state index contributed by atoms with van der Waals surface area (Å²) in [5.74, 6) is 0. The van der Waals surface area contributed by atoms with Crippen LogP contribution in [0.5, 0.6) is 0 Å². The molecule has 1 aromatic rings. The first-order valence-corrected chi connectivity index (χ1v) is 8.70. The van der Waals surface area contributed by atoms with E-state index in [-0.39, 0.29) is 14.5 Å². The summed E-state index contributed by atoms with van der Waals surface area (Å²) < 4.78 is 15.2. The summed E-state index contributed by atoms with van der Waals surface area (Å²) in [7, 11) is 3.73. The average molecular weight is 261 g/mol. The first-order chi connectivity index (χ1) is 6.12. The van der Waals surface area contributed by atoms with Crippen molar-refractivity contribution in [1.29, 1.82) is 0 Å². The maximum absolute atomic E-state index is 12.2. The van der Waals surface area contributed by atoms with Gasteiger partial charge in [0.05, 0.1) is 0 Å². The Bertz CT molecular complexity index is 351. The van der Waals surface area contributed by atoms with Crippen molar-refractivity contribution in [3.8, 4) is 0 Å². The Kier molecular flexibility index (Phi) is 2.25. The van der Waals surface area contributed by atoms with Crippen LogP contribution in [0, 0.1) is 0 Å². The van der Waals surface area contributed by atoms with Crippen molar-refractivity contribution >= 4 is 30.8 Å². The monoisotopic (exact) mass is 262 g/mol. The molecule has 0 fully saturated rings. The Morgan fingerprint density at radius 1 is 1.38 bits per heavy atom. The van der Waals surface area contributed by atoms with Gasteiger partial charge in [0.2, 0.25) is 0 Å². The third kappa shape index (κ3) is 1.55. The van der Waals surface area contributed by atoms with Crippen molar-refractivity contribution in [2.75, 3.05) is 19.2 Å². The number of nitrogens with one attached hydrogen (secondary N) is 1. The molecule has 0 saturated carbocycles. The van der Waals surface area contributed by atoms with Crippen LogP contribution in [0.2, 0.25) is 0 Å². The number of hydrogen-bond donors (Lipinski definition) is 1. The van der Waals surface area contributed by atoms with Crippen LogP contribution in [0.4, 0.5) is 5.69 Å². The molecule has 0 aliphatic carbocycles. The van der Waals surface area contributed by atoms with Crippen LogP contribution in [0.15, 0.2) is 24.3 Å². The molecular formula is C8H11N2OPSe. The Morgan fingerprint density at radius 3 is 2.69 bits per heavy atom. The molecule has 0 amide bonds. The molecule has 5 heteroatoms. The van der Waals surface area contributed by atoms with Crippen molar-refractivity contribution in [2.45, 2.75) is 0 Å². The van der Waals surface area contributed by atoms with Gasteiger partial charge in [-0.25, -0.2) is 0 Å². The van der Waals surface area contributed by atoms with E-state index in [9.17, 15) is 4.57 Å². The topological polar surface area (TPSA) is 32.3 Å². The molecule has 0 aromatic heterocycles. The summed E-state index contributed by atoms with van der Waals surface area (Å²) in [6, 6.07) is 7.99. The fourth-order valence-electron chi connectivity index (χ4n) is 1.13. The Balaban J connectivity index is 2.37. The predicted molar refractivity (Wildman–Crippen MR) is 56.7 cm³/mol. The molecule has 1 aliphatic rings. The summed E-state index contributed by atoms with van der Waals surface area (Å²) >= 11 is 0.0487. The number of benzene rings is 1. The zero-order valence-electron chi connectivity index (χ0n) is 7.52. The number of fused-ring (bicyclic) bond motifs is 1. The first-order valence-electron chi connectivity index (χ1n) is 3.96. The van der Waals surface area contributed by atoms with Crippen molar-refractivity contribution in [1.82, 2.24) is 4.67 Å². The fourth-order valence-corrected chi connectivity index (χ4v) is 7.66. The molecule has 3 nitrogen and oxygen atoms in total. The van der Waals surface area contributed by atoms with Crippen LogP contribution in [-0.4, -0.2) is 33.3 Å². The fraction of sp³-hybridized carbons (Fsp3) is 0.250. The molecule has 70 valence electrons. The second kappa shape index (κ2) is 3.14. The molecule has 0 spiro atoms. The first kappa shape index (κ1) is 9.29. The van der Waals surface area contributed by atoms with Gasteiger partial charge >= 0.3 is 83.5 Å². The summed E-state index contributed by atoms with van der Waals surface area (Å²) in [6.07, 6.45) is -2.28. The molecule has 1 aliphatic heterocycles. The van der Waals surface area contributed by atoms with Crippen molar-refractivity contribution in [2.24, 2.45) is 0 Å². The van der Waals surface area contributed by atoms with E-state index >= 15 is 0 Å². The molecule has 2 rings (SSSR count). The van der Waals surface area contributed by atoms with Crippen LogP contribution in [-0.2, 0) is 4.57 Å². The van der Waals surface area contributed by atoms with Crippen molar-refractivity contribution in [3.05, 3.63) is 24.3 Å². The van der Waals surface area contributed by atoms with Crippen LogP contribution in [0.25, 0.3) is 0 Å². The summed E-state index contributed by atoms with van der Waals surface area (Å²) in [6.45, 7) is 0. The Morgan fingerprint density at radius 2 is 2.08 bits per heavy atom. The zero-order valence-corrected chi connectivity index (χ0v) is 10.1. The number of anilines is 1. The number of nitrogens with zero attached hydrogens (tertiary/aromatic N) is 1. The molecule has 1 atom stereocenters. The molecule has 1 heterocycles. The second-order valence-electron chi connectivity index (χ2n) is 3.07. The molecule has 1 unspecified atom stereocenters. The Labute approximate surface area is 83.8 Å². The normalized spacial score (nSPS) is 25.8. The average Bonchev–Trinajstić information content (AvgIpc) is 2.42. The molecule has 13 heavy (non-hydrogen) atoms. The van der Waals surface area contributed by atoms with E-state index < -0.39 is 6.13 Å². The molecular weight excluding hydrogens is 250 g/mol. The van der Waals surface area contributed by atoms with Crippen LogP contribution in [0.1, 0.15) is 0 Å². The maximum atomic E-state index is 12.2. The van der Waals surface area contributed by atoms with Gasteiger partial charge in [0.25, 0.3) is 0 Å².